The summed E-state index contributed by atoms with van der Waals surface area (Å²) in [7, 11) is 0. The fourth-order valence-electron chi connectivity index (χ4n) is 5.90. The molecule has 2 aromatic carbocycles. The minimum atomic E-state index is -0.293. The summed E-state index contributed by atoms with van der Waals surface area (Å²) < 4.78 is 19.8. The number of benzene rings is 2. The molecule has 3 saturated heterocycles. The highest BCUT2D eigenvalue weighted by atomic mass is 19.1. The van der Waals surface area contributed by atoms with Gasteiger partial charge >= 0.3 is 0 Å². The number of piperidine rings is 1. The topological polar surface area (TPSA) is 44.8 Å². The third kappa shape index (κ3) is 5.07. The maximum absolute atomic E-state index is 13.6. The number of amides is 1. The first-order chi connectivity index (χ1) is 16.1. The predicted octanol–water partition coefficient (Wildman–Crippen LogP) is 3.94. The van der Waals surface area contributed by atoms with Gasteiger partial charge in [-0.2, -0.15) is 0 Å². The highest BCUT2D eigenvalue weighted by Crippen LogP contribution is 2.42. The summed E-state index contributed by atoms with van der Waals surface area (Å²) in [6.07, 6.45) is 5.02. The first-order valence-corrected chi connectivity index (χ1v) is 12.3. The van der Waals surface area contributed by atoms with Gasteiger partial charge in [0, 0.05) is 44.1 Å². The molecule has 1 N–H and O–H groups in total. The third-order valence-corrected chi connectivity index (χ3v) is 7.53. The molecule has 0 radical (unpaired) electrons. The zero-order valence-electron chi connectivity index (χ0n) is 19.3. The van der Waals surface area contributed by atoms with Crippen molar-refractivity contribution in [1.82, 2.24) is 15.1 Å². The van der Waals surface area contributed by atoms with E-state index in [1.165, 1.54) is 43.6 Å². The summed E-state index contributed by atoms with van der Waals surface area (Å²) in [6, 6.07) is 15.1. The molecule has 1 spiro atoms. The van der Waals surface area contributed by atoms with Gasteiger partial charge in [-0.1, -0.05) is 30.3 Å². The van der Waals surface area contributed by atoms with Gasteiger partial charge in [0.2, 0.25) is 5.91 Å². The van der Waals surface area contributed by atoms with E-state index in [4.69, 9.17) is 4.74 Å². The van der Waals surface area contributed by atoms with Gasteiger partial charge in [-0.25, -0.2) is 4.39 Å². The van der Waals surface area contributed by atoms with Gasteiger partial charge < -0.3 is 10.1 Å². The van der Waals surface area contributed by atoms with Crippen molar-refractivity contribution in [2.45, 2.75) is 50.1 Å². The van der Waals surface area contributed by atoms with Crippen molar-refractivity contribution in [3.05, 3.63) is 65.5 Å². The van der Waals surface area contributed by atoms with Crippen LogP contribution >= 0.6 is 0 Å². The second-order valence-corrected chi connectivity index (χ2v) is 9.84. The van der Waals surface area contributed by atoms with Crippen LogP contribution in [0.4, 0.5) is 4.39 Å². The van der Waals surface area contributed by atoms with Gasteiger partial charge in [0.15, 0.2) is 0 Å². The first kappa shape index (κ1) is 22.4. The van der Waals surface area contributed by atoms with Crippen molar-refractivity contribution < 1.29 is 13.9 Å². The lowest BCUT2D eigenvalue weighted by Gasteiger charge is -2.39. The summed E-state index contributed by atoms with van der Waals surface area (Å²) in [6.45, 7) is 6.43. The minimum Gasteiger partial charge on any atom is -0.492 e. The van der Waals surface area contributed by atoms with Crippen molar-refractivity contribution in [3.8, 4) is 5.75 Å². The molecular formula is C27H34FN3O2. The van der Waals surface area contributed by atoms with Gasteiger partial charge in [0.1, 0.15) is 18.2 Å². The molecule has 0 bridgehead atoms. The smallest absolute Gasteiger partial charge is 0.220 e. The van der Waals surface area contributed by atoms with Gasteiger partial charge in [0.05, 0.1) is 5.54 Å². The monoisotopic (exact) mass is 451 g/mol. The molecular weight excluding hydrogens is 417 g/mol. The Morgan fingerprint density at radius 1 is 1.03 bits per heavy atom. The van der Waals surface area contributed by atoms with Crippen LogP contribution in [0.3, 0.4) is 0 Å². The van der Waals surface area contributed by atoms with Crippen molar-refractivity contribution in [3.63, 3.8) is 0 Å². The van der Waals surface area contributed by atoms with Crippen LogP contribution in [0.5, 0.6) is 5.75 Å². The summed E-state index contributed by atoms with van der Waals surface area (Å²) >= 11 is 0. The number of hydrogen-bond acceptors (Lipinski definition) is 4. The van der Waals surface area contributed by atoms with Crippen LogP contribution in [-0.4, -0.2) is 60.6 Å². The number of ether oxygens (including phenoxy) is 1. The number of halogens is 1. The maximum atomic E-state index is 13.6. The van der Waals surface area contributed by atoms with Crippen molar-refractivity contribution in [2.24, 2.45) is 0 Å². The molecule has 0 saturated carbocycles. The van der Waals surface area contributed by atoms with Crippen LogP contribution in [0, 0.1) is 5.82 Å². The van der Waals surface area contributed by atoms with E-state index < -0.39 is 0 Å². The summed E-state index contributed by atoms with van der Waals surface area (Å²) in [5.74, 6) is 0.991. The van der Waals surface area contributed by atoms with Crippen LogP contribution in [-0.2, 0) is 11.3 Å². The Labute approximate surface area is 195 Å². The Morgan fingerprint density at radius 3 is 2.61 bits per heavy atom. The van der Waals surface area contributed by atoms with Crippen molar-refractivity contribution in [2.75, 3.05) is 39.3 Å². The van der Waals surface area contributed by atoms with E-state index in [0.29, 0.717) is 13.0 Å². The number of likely N-dealkylation sites (tertiary alicyclic amines) is 2. The van der Waals surface area contributed by atoms with Crippen LogP contribution in [0.25, 0.3) is 0 Å². The summed E-state index contributed by atoms with van der Waals surface area (Å²) in [5, 5.41) is 3.34. The molecule has 3 aliphatic heterocycles. The summed E-state index contributed by atoms with van der Waals surface area (Å²) in [5.41, 5.74) is 1.98. The van der Waals surface area contributed by atoms with Crippen LogP contribution in [0.1, 0.15) is 49.1 Å². The molecule has 2 atom stereocenters. The minimum absolute atomic E-state index is 0.126. The van der Waals surface area contributed by atoms with E-state index in [1.807, 2.05) is 18.2 Å². The lowest BCUT2D eigenvalue weighted by atomic mass is 9.76. The van der Waals surface area contributed by atoms with Gasteiger partial charge in [-0.3, -0.25) is 14.6 Å². The second-order valence-electron chi connectivity index (χ2n) is 9.84. The third-order valence-electron chi connectivity index (χ3n) is 7.53. The fourth-order valence-corrected chi connectivity index (χ4v) is 5.90. The van der Waals surface area contributed by atoms with E-state index in [-0.39, 0.29) is 23.2 Å². The van der Waals surface area contributed by atoms with E-state index in [1.54, 1.807) is 0 Å². The number of carbonyl (C=O) groups excluding carboxylic acids is 1. The number of hydrogen-bond donors (Lipinski definition) is 1. The molecule has 0 aliphatic carbocycles. The summed E-state index contributed by atoms with van der Waals surface area (Å²) in [4.78, 5) is 17.3. The molecule has 3 aliphatic rings. The molecule has 176 valence electrons. The average molecular weight is 452 g/mol. The first-order valence-electron chi connectivity index (χ1n) is 12.3. The van der Waals surface area contributed by atoms with Crippen LogP contribution < -0.4 is 10.1 Å². The average Bonchev–Trinajstić information content (AvgIpc) is 3.44. The molecule has 5 rings (SSSR count). The van der Waals surface area contributed by atoms with E-state index >= 15 is 0 Å². The SMILES string of the molecule is O=C1CCC[C@]2(CN(Cc3ccccc3OCCN3CCCC3)C[C@H]2c2ccc(F)cc2)N1. The Bertz CT molecular complexity index is 960. The number of nitrogens with zero attached hydrogens (tertiary/aromatic N) is 2. The number of rotatable bonds is 7. The fraction of sp³-hybridized carbons (Fsp3) is 0.519. The Kier molecular flexibility index (Phi) is 6.65. The quantitative estimate of drug-likeness (QED) is 0.693. The molecule has 33 heavy (non-hydrogen) atoms. The number of nitrogens with one attached hydrogen (secondary N) is 1. The zero-order valence-corrected chi connectivity index (χ0v) is 19.3. The Hall–Kier alpha value is -2.44. The largest absolute Gasteiger partial charge is 0.492 e. The Balaban J connectivity index is 1.30. The van der Waals surface area contributed by atoms with E-state index in [0.717, 1.165) is 50.3 Å². The lowest BCUT2D eigenvalue weighted by molar-refractivity contribution is -0.125. The van der Waals surface area contributed by atoms with Gasteiger partial charge in [-0.15, -0.1) is 0 Å². The molecule has 0 unspecified atom stereocenters. The van der Waals surface area contributed by atoms with E-state index in [9.17, 15) is 9.18 Å². The number of para-hydroxylation sites is 1. The normalized spacial score (nSPS) is 26.1. The standard InChI is InChI=1S/C27H34FN3O2/c28-23-11-9-21(10-12-23)24-19-31(20-27(24)13-5-8-26(32)29-27)18-22-6-1-2-7-25(22)33-17-16-30-14-3-4-15-30/h1-2,6-7,9-12,24H,3-5,8,13-20H2,(H,29,32)/t24-,27+/m0/s1. The van der Waals surface area contributed by atoms with Crippen molar-refractivity contribution in [1.29, 1.82) is 0 Å². The van der Waals surface area contributed by atoms with Gasteiger partial charge in [-0.05, 0) is 62.5 Å². The zero-order chi connectivity index (χ0) is 22.7. The molecule has 2 aromatic rings. The predicted molar refractivity (Wildman–Crippen MR) is 127 cm³/mol. The van der Waals surface area contributed by atoms with Crippen molar-refractivity contribution >= 4 is 5.91 Å². The van der Waals surface area contributed by atoms with E-state index in [2.05, 4.69) is 33.3 Å². The second kappa shape index (κ2) is 9.82. The molecule has 6 heteroatoms. The molecule has 3 heterocycles. The van der Waals surface area contributed by atoms with Crippen LogP contribution in [0.15, 0.2) is 48.5 Å². The highest BCUT2D eigenvalue weighted by Gasteiger charge is 2.49. The number of carbonyl (C=O) groups is 1. The molecule has 5 nitrogen and oxygen atoms in total. The molecule has 3 fully saturated rings. The Morgan fingerprint density at radius 2 is 1.82 bits per heavy atom. The lowest BCUT2D eigenvalue weighted by Crippen LogP contribution is -2.56. The maximum Gasteiger partial charge on any atom is 0.220 e. The molecule has 0 aromatic heterocycles. The van der Waals surface area contributed by atoms with Crippen LogP contribution in [0.2, 0.25) is 0 Å². The molecule has 1 amide bonds. The van der Waals surface area contributed by atoms with Gasteiger partial charge in [0.25, 0.3) is 0 Å². The highest BCUT2D eigenvalue weighted by molar-refractivity contribution is 5.78.